The molecule has 5 heteroatoms. The van der Waals surface area contributed by atoms with Gasteiger partial charge in [-0.25, -0.2) is 0 Å². The van der Waals surface area contributed by atoms with E-state index in [1.807, 2.05) is 6.92 Å². The Morgan fingerprint density at radius 3 is 2.20 bits per heavy atom. The lowest BCUT2D eigenvalue weighted by atomic mass is 10.2. The lowest BCUT2D eigenvalue weighted by molar-refractivity contribution is -0.481. The topological polar surface area (TPSA) is 52.4 Å². The van der Waals surface area contributed by atoms with Gasteiger partial charge in [-0.05, 0) is 25.1 Å². The van der Waals surface area contributed by atoms with Gasteiger partial charge >= 0.3 is 0 Å². The van der Waals surface area contributed by atoms with Crippen molar-refractivity contribution in [1.29, 1.82) is 0 Å². The number of nitro groups is 1. The van der Waals surface area contributed by atoms with Gasteiger partial charge in [0.25, 0.3) is 0 Å². The second kappa shape index (κ2) is 5.07. The normalized spacial score (nSPS) is 15.1. The first-order chi connectivity index (χ1) is 6.56. The van der Waals surface area contributed by atoms with E-state index in [9.17, 15) is 10.1 Å². The maximum atomic E-state index is 10.2. The Morgan fingerprint density at radius 1 is 1.40 bits per heavy atom. The van der Waals surface area contributed by atoms with Crippen LogP contribution < -0.4 is 0 Å². The van der Waals surface area contributed by atoms with E-state index in [0.717, 1.165) is 0 Å². The molecule has 0 rings (SSSR count). The minimum Gasteiger partial charge on any atom is -0.414 e. The van der Waals surface area contributed by atoms with E-state index in [1.165, 1.54) is 0 Å². The maximum Gasteiger partial charge on any atom is 0.206 e. The van der Waals surface area contributed by atoms with Crippen molar-refractivity contribution < 1.29 is 9.35 Å². The van der Waals surface area contributed by atoms with Crippen molar-refractivity contribution >= 4 is 8.32 Å². The summed E-state index contributed by atoms with van der Waals surface area (Å²) in [7, 11) is -1.76. The molecule has 0 saturated heterocycles. The molecule has 0 aromatic rings. The maximum absolute atomic E-state index is 10.2. The molecule has 0 aliphatic heterocycles. The van der Waals surface area contributed by atoms with Crippen LogP contribution >= 0.6 is 0 Å². The highest BCUT2D eigenvalue weighted by molar-refractivity contribution is 6.74. The van der Waals surface area contributed by atoms with Crippen molar-refractivity contribution in [2.75, 3.05) is 6.54 Å². The van der Waals surface area contributed by atoms with Crippen LogP contribution in [0.3, 0.4) is 0 Å². The smallest absolute Gasteiger partial charge is 0.206 e. The SMILES string of the molecule is CC(CC[N+](=O)[O-])O[Si](C)(C)C(C)(C)C. The van der Waals surface area contributed by atoms with Gasteiger partial charge in [0.2, 0.25) is 6.54 Å². The molecule has 0 N–H and O–H groups in total. The van der Waals surface area contributed by atoms with Gasteiger partial charge in [-0.1, -0.05) is 20.8 Å². The second-order valence-electron chi connectivity index (χ2n) is 5.53. The molecule has 0 aromatic carbocycles. The highest BCUT2D eigenvalue weighted by Crippen LogP contribution is 2.37. The average Bonchev–Trinajstić information content (AvgIpc) is 1.97. The van der Waals surface area contributed by atoms with Crippen molar-refractivity contribution in [3.05, 3.63) is 10.1 Å². The van der Waals surface area contributed by atoms with E-state index >= 15 is 0 Å². The zero-order chi connectivity index (χ0) is 12.3. The summed E-state index contributed by atoms with van der Waals surface area (Å²) in [4.78, 5) is 9.94. The summed E-state index contributed by atoms with van der Waals surface area (Å²) in [5, 5.41) is 10.4. The van der Waals surface area contributed by atoms with Gasteiger partial charge in [0, 0.05) is 17.4 Å². The molecule has 0 amide bonds. The summed E-state index contributed by atoms with van der Waals surface area (Å²) in [6.45, 7) is 12.7. The summed E-state index contributed by atoms with van der Waals surface area (Å²) in [5.74, 6) is 0. The van der Waals surface area contributed by atoms with E-state index in [0.29, 0.717) is 6.42 Å². The van der Waals surface area contributed by atoms with Gasteiger partial charge in [-0.15, -0.1) is 0 Å². The molecule has 0 aliphatic rings. The first-order valence-corrected chi connectivity index (χ1v) is 8.27. The fraction of sp³-hybridized carbons (Fsp3) is 1.00. The van der Waals surface area contributed by atoms with E-state index in [2.05, 4.69) is 33.9 Å². The molecule has 0 spiro atoms. The second-order valence-corrected chi connectivity index (χ2v) is 10.3. The van der Waals surface area contributed by atoms with Gasteiger partial charge in [-0.3, -0.25) is 10.1 Å². The lowest BCUT2D eigenvalue weighted by Crippen LogP contribution is -2.43. The molecule has 1 unspecified atom stereocenters. The minimum absolute atomic E-state index is 0.00418. The number of hydrogen-bond donors (Lipinski definition) is 0. The number of nitrogens with zero attached hydrogens (tertiary/aromatic N) is 1. The first-order valence-electron chi connectivity index (χ1n) is 5.36. The lowest BCUT2D eigenvalue weighted by Gasteiger charge is -2.38. The number of hydrogen-bond acceptors (Lipinski definition) is 3. The van der Waals surface area contributed by atoms with Crippen LogP contribution in [0.2, 0.25) is 18.1 Å². The monoisotopic (exact) mass is 233 g/mol. The summed E-state index contributed by atoms with van der Waals surface area (Å²) in [6.07, 6.45) is 0.482. The van der Waals surface area contributed by atoms with Crippen LogP contribution in [-0.2, 0) is 4.43 Å². The Hall–Kier alpha value is -0.423. The molecule has 4 nitrogen and oxygen atoms in total. The molecule has 0 bridgehead atoms. The summed E-state index contributed by atoms with van der Waals surface area (Å²) < 4.78 is 5.99. The molecule has 0 aliphatic carbocycles. The van der Waals surface area contributed by atoms with Crippen LogP contribution in [0.4, 0.5) is 0 Å². The third-order valence-electron chi connectivity index (χ3n) is 3.02. The van der Waals surface area contributed by atoms with Crippen molar-refractivity contribution in [3.63, 3.8) is 0 Å². The van der Waals surface area contributed by atoms with E-state index < -0.39 is 8.32 Å². The molecule has 0 heterocycles. The molecule has 90 valence electrons. The molecule has 0 radical (unpaired) electrons. The zero-order valence-corrected chi connectivity index (χ0v) is 11.7. The summed E-state index contributed by atoms with van der Waals surface area (Å²) in [5.41, 5.74) is 0. The molecule has 0 saturated carbocycles. The van der Waals surface area contributed by atoms with Crippen LogP contribution in [0.15, 0.2) is 0 Å². The van der Waals surface area contributed by atoms with Crippen LogP contribution in [0.5, 0.6) is 0 Å². The Morgan fingerprint density at radius 2 is 1.87 bits per heavy atom. The van der Waals surface area contributed by atoms with Crippen molar-refractivity contribution in [3.8, 4) is 0 Å². The predicted molar refractivity (Wildman–Crippen MR) is 64.2 cm³/mol. The average molecular weight is 233 g/mol. The summed E-state index contributed by atoms with van der Waals surface area (Å²) >= 11 is 0. The van der Waals surface area contributed by atoms with E-state index in [-0.39, 0.29) is 22.6 Å². The van der Waals surface area contributed by atoms with Crippen LogP contribution in [0, 0.1) is 10.1 Å². The van der Waals surface area contributed by atoms with Gasteiger partial charge in [0.05, 0.1) is 0 Å². The molecule has 0 aromatic heterocycles. The van der Waals surface area contributed by atoms with Crippen LogP contribution in [0.25, 0.3) is 0 Å². The quantitative estimate of drug-likeness (QED) is 0.416. The Kier molecular flexibility index (Phi) is 4.93. The Bertz CT molecular complexity index is 223. The highest BCUT2D eigenvalue weighted by Gasteiger charge is 2.38. The van der Waals surface area contributed by atoms with Gasteiger partial charge < -0.3 is 4.43 Å². The predicted octanol–water partition coefficient (Wildman–Crippen LogP) is 3.06. The Labute approximate surface area is 93.3 Å². The Balaban J connectivity index is 4.16. The largest absolute Gasteiger partial charge is 0.414 e. The van der Waals surface area contributed by atoms with Crippen LogP contribution in [-0.4, -0.2) is 25.9 Å². The van der Waals surface area contributed by atoms with Gasteiger partial charge in [0.15, 0.2) is 8.32 Å². The molecular formula is C10H23NO3Si. The van der Waals surface area contributed by atoms with E-state index in [4.69, 9.17) is 4.43 Å². The molecule has 0 fully saturated rings. The minimum atomic E-state index is -1.76. The third-order valence-corrected chi connectivity index (χ3v) is 7.62. The molecular weight excluding hydrogens is 210 g/mol. The third kappa shape index (κ3) is 5.27. The zero-order valence-electron chi connectivity index (χ0n) is 10.7. The first kappa shape index (κ1) is 14.6. The van der Waals surface area contributed by atoms with Crippen molar-refractivity contribution in [2.45, 2.75) is 58.4 Å². The summed E-state index contributed by atoms with van der Waals surface area (Å²) in [6, 6.07) is 0. The van der Waals surface area contributed by atoms with Gasteiger partial charge in [0.1, 0.15) is 0 Å². The van der Waals surface area contributed by atoms with Crippen LogP contribution in [0.1, 0.15) is 34.1 Å². The van der Waals surface area contributed by atoms with E-state index in [1.54, 1.807) is 0 Å². The number of rotatable bonds is 5. The fourth-order valence-corrected chi connectivity index (χ4v) is 2.50. The molecule has 1 atom stereocenters. The molecule has 15 heavy (non-hydrogen) atoms. The fourth-order valence-electron chi connectivity index (χ4n) is 1.03. The highest BCUT2D eigenvalue weighted by atomic mass is 28.4. The van der Waals surface area contributed by atoms with Crippen molar-refractivity contribution in [2.24, 2.45) is 0 Å². The van der Waals surface area contributed by atoms with Crippen molar-refractivity contribution in [1.82, 2.24) is 0 Å². The van der Waals surface area contributed by atoms with Gasteiger partial charge in [-0.2, -0.15) is 0 Å². The standard InChI is InChI=1S/C10H23NO3Si/c1-9(7-8-11(12)13)14-15(5,6)10(2,3)4/h9H,7-8H2,1-6H3.